The molecule has 0 saturated carbocycles. The molecule has 4 aromatic rings. The fraction of sp³-hybridized carbons (Fsp3) is 0.405. The monoisotopic (exact) mass is 563 g/mol. The number of aromatic nitrogens is 1. The summed E-state index contributed by atoms with van der Waals surface area (Å²) in [5, 5.41) is 4.40. The van der Waals surface area contributed by atoms with Crippen molar-refractivity contribution in [2.45, 2.75) is 84.8 Å². The van der Waals surface area contributed by atoms with Crippen LogP contribution in [0.3, 0.4) is 0 Å². The van der Waals surface area contributed by atoms with Gasteiger partial charge in [-0.3, -0.25) is 9.59 Å². The second-order valence-electron chi connectivity index (χ2n) is 12.5. The minimum Gasteiger partial charge on any atom is -0.352 e. The van der Waals surface area contributed by atoms with E-state index in [4.69, 9.17) is 0 Å². The van der Waals surface area contributed by atoms with Crippen LogP contribution < -0.4 is 5.32 Å². The van der Waals surface area contributed by atoms with Crippen molar-refractivity contribution in [2.75, 3.05) is 0 Å². The number of benzene rings is 3. The lowest BCUT2D eigenvalue weighted by Crippen LogP contribution is -2.51. The molecule has 2 heterocycles. The average Bonchev–Trinajstić information content (AvgIpc) is 3.42. The summed E-state index contributed by atoms with van der Waals surface area (Å²) >= 11 is 0. The van der Waals surface area contributed by atoms with Crippen molar-refractivity contribution in [3.8, 4) is 11.3 Å². The second-order valence-corrected chi connectivity index (χ2v) is 12.5. The summed E-state index contributed by atoms with van der Waals surface area (Å²) in [4.78, 5) is 30.4. The molecule has 3 atom stereocenters. The number of carbonyl (C=O) groups excluding carboxylic acids is 2. The Labute approximate surface area is 250 Å². The van der Waals surface area contributed by atoms with Crippen LogP contribution in [0.1, 0.15) is 92.9 Å². The number of nitrogens with one attached hydrogen (secondary N) is 1. The molecular formula is C37H45N3O2. The molecule has 0 spiro atoms. The van der Waals surface area contributed by atoms with Gasteiger partial charge in [0.15, 0.2) is 0 Å². The zero-order valence-corrected chi connectivity index (χ0v) is 26.0. The fourth-order valence-corrected chi connectivity index (χ4v) is 6.62. The molecule has 220 valence electrons. The summed E-state index contributed by atoms with van der Waals surface area (Å²) in [7, 11) is 2.10. The molecule has 1 aromatic heterocycles. The van der Waals surface area contributed by atoms with E-state index < -0.39 is 6.04 Å². The summed E-state index contributed by atoms with van der Waals surface area (Å²) in [6.45, 7) is 10.6. The van der Waals surface area contributed by atoms with Gasteiger partial charge in [-0.25, -0.2) is 0 Å². The highest BCUT2D eigenvalue weighted by molar-refractivity contribution is 6.04. The summed E-state index contributed by atoms with van der Waals surface area (Å²) < 4.78 is 2.24. The van der Waals surface area contributed by atoms with E-state index in [1.165, 1.54) is 5.56 Å². The molecule has 0 saturated heterocycles. The number of carbonyl (C=O) groups is 2. The van der Waals surface area contributed by atoms with Gasteiger partial charge in [-0.2, -0.15) is 0 Å². The van der Waals surface area contributed by atoms with Gasteiger partial charge in [0, 0.05) is 35.1 Å². The number of nitrogens with zero attached hydrogens (tertiary/aromatic N) is 2. The molecule has 0 bridgehead atoms. The van der Waals surface area contributed by atoms with Gasteiger partial charge in [0.2, 0.25) is 5.91 Å². The molecule has 5 nitrogen and oxygen atoms in total. The SMILES string of the molecule is CCCCCC(C)NC(=O)C(CC(C)C)N1C(=O)c2ccccc2C1c1c(-c2ccc(C)cc2)n(C)c2ccccc12. The van der Waals surface area contributed by atoms with Crippen LogP contribution >= 0.6 is 0 Å². The average molecular weight is 564 g/mol. The predicted octanol–water partition coefficient (Wildman–Crippen LogP) is 8.20. The maximum absolute atomic E-state index is 14.4. The van der Waals surface area contributed by atoms with E-state index in [9.17, 15) is 9.59 Å². The number of unbranched alkanes of at least 4 members (excludes halogenated alkanes) is 2. The number of rotatable bonds is 11. The van der Waals surface area contributed by atoms with Crippen LogP contribution in [-0.2, 0) is 11.8 Å². The maximum atomic E-state index is 14.4. The number of aryl methyl sites for hydroxylation is 2. The maximum Gasteiger partial charge on any atom is 0.255 e. The quantitative estimate of drug-likeness (QED) is 0.187. The highest BCUT2D eigenvalue weighted by atomic mass is 16.2. The molecule has 0 radical (unpaired) electrons. The zero-order chi connectivity index (χ0) is 30.0. The number of para-hydroxylation sites is 1. The third kappa shape index (κ3) is 5.62. The number of hydrogen-bond donors (Lipinski definition) is 1. The summed E-state index contributed by atoms with van der Waals surface area (Å²) in [6, 6.07) is 24.0. The van der Waals surface area contributed by atoms with Gasteiger partial charge in [-0.05, 0) is 55.9 Å². The van der Waals surface area contributed by atoms with Gasteiger partial charge in [-0.1, -0.05) is 106 Å². The van der Waals surface area contributed by atoms with Crippen LogP contribution in [0.4, 0.5) is 0 Å². The zero-order valence-electron chi connectivity index (χ0n) is 26.0. The molecule has 1 aliphatic heterocycles. The summed E-state index contributed by atoms with van der Waals surface area (Å²) in [6.07, 6.45) is 4.91. The van der Waals surface area contributed by atoms with Gasteiger partial charge < -0.3 is 14.8 Å². The largest absolute Gasteiger partial charge is 0.352 e. The number of fused-ring (bicyclic) bond motifs is 2. The van der Waals surface area contributed by atoms with E-state index in [1.807, 2.05) is 23.1 Å². The minimum absolute atomic E-state index is 0.0536. The van der Waals surface area contributed by atoms with Crippen molar-refractivity contribution in [3.05, 3.63) is 95.1 Å². The van der Waals surface area contributed by atoms with Crippen molar-refractivity contribution in [1.82, 2.24) is 14.8 Å². The topological polar surface area (TPSA) is 54.3 Å². The first-order valence-corrected chi connectivity index (χ1v) is 15.6. The smallest absolute Gasteiger partial charge is 0.255 e. The molecular weight excluding hydrogens is 518 g/mol. The lowest BCUT2D eigenvalue weighted by Gasteiger charge is -2.35. The van der Waals surface area contributed by atoms with Crippen molar-refractivity contribution in [2.24, 2.45) is 13.0 Å². The normalized spacial score (nSPS) is 16.2. The highest BCUT2D eigenvalue weighted by Gasteiger charge is 2.46. The third-order valence-electron chi connectivity index (χ3n) is 8.71. The minimum atomic E-state index is -0.589. The standard InChI is InChI=1S/C37H45N3O2/c1-7-8-9-14-26(5)38-36(41)32(23-24(2)3)40-35(28-15-10-11-16-29(28)37(40)42)33-30-17-12-13-18-31(30)39(6)34(33)27-21-19-25(4)20-22-27/h10-13,15-22,24,26,32,35H,7-9,14,23H2,1-6H3,(H,38,41). The van der Waals surface area contributed by atoms with E-state index in [1.54, 1.807) is 0 Å². The van der Waals surface area contributed by atoms with E-state index in [0.29, 0.717) is 12.0 Å². The van der Waals surface area contributed by atoms with Gasteiger partial charge in [0.25, 0.3) is 5.91 Å². The number of hydrogen-bond acceptors (Lipinski definition) is 2. The van der Waals surface area contributed by atoms with Gasteiger partial charge in [0.05, 0.1) is 11.7 Å². The Bertz CT molecular complexity index is 1570. The van der Waals surface area contributed by atoms with Crippen LogP contribution in [0, 0.1) is 12.8 Å². The molecule has 42 heavy (non-hydrogen) atoms. The third-order valence-corrected chi connectivity index (χ3v) is 8.71. The first-order chi connectivity index (χ1) is 20.2. The molecule has 0 fully saturated rings. The fourth-order valence-electron chi connectivity index (χ4n) is 6.62. The van der Waals surface area contributed by atoms with E-state index in [2.05, 4.69) is 106 Å². The van der Waals surface area contributed by atoms with Crippen LogP contribution in [0.15, 0.2) is 72.8 Å². The van der Waals surface area contributed by atoms with Gasteiger partial charge in [0.1, 0.15) is 6.04 Å². The lowest BCUT2D eigenvalue weighted by atomic mass is 9.91. The molecule has 5 heteroatoms. The van der Waals surface area contributed by atoms with Crippen molar-refractivity contribution < 1.29 is 9.59 Å². The molecule has 5 rings (SSSR count). The second kappa shape index (κ2) is 12.6. The van der Waals surface area contributed by atoms with Gasteiger partial charge >= 0.3 is 0 Å². The Kier molecular flexibility index (Phi) is 8.86. The van der Waals surface area contributed by atoms with E-state index in [-0.39, 0.29) is 29.8 Å². The Balaban J connectivity index is 1.69. The van der Waals surface area contributed by atoms with Crippen LogP contribution in [0.25, 0.3) is 22.2 Å². The molecule has 3 aromatic carbocycles. The molecule has 2 amide bonds. The highest BCUT2D eigenvalue weighted by Crippen LogP contribution is 2.47. The van der Waals surface area contributed by atoms with Crippen LogP contribution in [-0.4, -0.2) is 33.4 Å². The van der Waals surface area contributed by atoms with E-state index in [0.717, 1.165) is 59.0 Å². The summed E-state index contributed by atoms with van der Waals surface area (Å²) in [5.74, 6) is 0.103. The van der Waals surface area contributed by atoms with Crippen molar-refractivity contribution in [1.29, 1.82) is 0 Å². The number of amides is 2. The first kappa shape index (κ1) is 29.6. The molecule has 3 unspecified atom stereocenters. The molecule has 1 N–H and O–H groups in total. The Morgan fingerprint density at radius 3 is 2.33 bits per heavy atom. The Morgan fingerprint density at radius 1 is 0.929 bits per heavy atom. The summed E-state index contributed by atoms with van der Waals surface area (Å²) in [5.41, 5.74) is 7.20. The van der Waals surface area contributed by atoms with E-state index >= 15 is 0 Å². The lowest BCUT2D eigenvalue weighted by molar-refractivity contribution is -0.127. The first-order valence-electron chi connectivity index (χ1n) is 15.6. The predicted molar refractivity (Wildman–Crippen MR) is 173 cm³/mol. The molecule has 0 aliphatic carbocycles. The Hall–Kier alpha value is -3.86. The Morgan fingerprint density at radius 2 is 1.62 bits per heavy atom. The van der Waals surface area contributed by atoms with Crippen molar-refractivity contribution >= 4 is 22.7 Å². The van der Waals surface area contributed by atoms with Crippen LogP contribution in [0.2, 0.25) is 0 Å². The van der Waals surface area contributed by atoms with Gasteiger partial charge in [-0.15, -0.1) is 0 Å². The van der Waals surface area contributed by atoms with Crippen molar-refractivity contribution in [3.63, 3.8) is 0 Å². The van der Waals surface area contributed by atoms with Crippen LogP contribution in [0.5, 0.6) is 0 Å². The molecule has 1 aliphatic rings.